The third kappa shape index (κ3) is 3.28. The van der Waals surface area contributed by atoms with Crippen LogP contribution in [0, 0.1) is 5.92 Å². The number of carbonyl (C=O) groups excluding carboxylic acids is 2. The number of nitrogens with one attached hydrogen (secondary N) is 2. The highest BCUT2D eigenvalue weighted by Crippen LogP contribution is 2.13. The molecule has 3 N–H and O–H groups in total. The van der Waals surface area contributed by atoms with E-state index in [1.165, 1.54) is 11.3 Å². The fraction of sp³-hybridized carbons (Fsp3) is 0.455. The molecule has 2 rings (SSSR count). The highest BCUT2D eigenvalue weighted by molar-refractivity contribution is 7.12. The van der Waals surface area contributed by atoms with E-state index in [4.69, 9.17) is 5.11 Å². The van der Waals surface area contributed by atoms with Gasteiger partial charge in [-0.15, -0.1) is 11.3 Å². The Morgan fingerprint density at radius 3 is 2.83 bits per heavy atom. The van der Waals surface area contributed by atoms with Crippen LogP contribution in [0.25, 0.3) is 0 Å². The first-order valence-electron chi connectivity index (χ1n) is 5.65. The summed E-state index contributed by atoms with van der Waals surface area (Å²) in [5.41, 5.74) is 4.73. The molecule has 18 heavy (non-hydrogen) atoms. The number of hydrogen-bond donors (Lipinski definition) is 3. The SMILES string of the molecule is O=C(CN1CC(CO)C1)NNC(=O)c1cccs1. The minimum atomic E-state index is -0.310. The number of thiophene rings is 1. The normalized spacial score (nSPS) is 16.1. The maximum Gasteiger partial charge on any atom is 0.279 e. The molecule has 1 fully saturated rings. The van der Waals surface area contributed by atoms with Crippen LogP contribution < -0.4 is 10.9 Å². The van der Waals surface area contributed by atoms with Crippen molar-refractivity contribution >= 4 is 23.2 Å². The molecular weight excluding hydrogens is 254 g/mol. The molecule has 0 atom stereocenters. The van der Waals surface area contributed by atoms with Gasteiger partial charge in [-0.1, -0.05) is 6.07 Å². The van der Waals surface area contributed by atoms with Crippen molar-refractivity contribution < 1.29 is 14.7 Å². The van der Waals surface area contributed by atoms with Crippen LogP contribution >= 0.6 is 11.3 Å². The van der Waals surface area contributed by atoms with Crippen LogP contribution in [0.4, 0.5) is 0 Å². The third-order valence-electron chi connectivity index (χ3n) is 2.72. The number of aliphatic hydroxyl groups is 1. The van der Waals surface area contributed by atoms with Crippen molar-refractivity contribution in [1.82, 2.24) is 15.8 Å². The number of carbonyl (C=O) groups is 2. The fourth-order valence-corrected chi connectivity index (χ4v) is 2.38. The van der Waals surface area contributed by atoms with Gasteiger partial charge in [0.25, 0.3) is 11.8 Å². The first-order chi connectivity index (χ1) is 8.69. The smallest absolute Gasteiger partial charge is 0.279 e. The van der Waals surface area contributed by atoms with Crippen LogP contribution in [0.5, 0.6) is 0 Å². The molecule has 1 aromatic heterocycles. The number of rotatable bonds is 4. The van der Waals surface area contributed by atoms with E-state index in [-0.39, 0.29) is 30.9 Å². The van der Waals surface area contributed by atoms with E-state index in [1.807, 2.05) is 4.90 Å². The predicted octanol–water partition coefficient (Wildman–Crippen LogP) is -0.567. The molecule has 1 aliphatic rings. The summed E-state index contributed by atoms with van der Waals surface area (Å²) in [4.78, 5) is 25.5. The van der Waals surface area contributed by atoms with Crippen LogP contribution in [0.15, 0.2) is 17.5 Å². The predicted molar refractivity (Wildman–Crippen MR) is 66.9 cm³/mol. The number of aliphatic hydroxyl groups excluding tert-OH is 1. The van der Waals surface area contributed by atoms with Crippen LogP contribution in [0.1, 0.15) is 9.67 Å². The topological polar surface area (TPSA) is 81.7 Å². The lowest BCUT2D eigenvalue weighted by Crippen LogP contribution is -2.54. The molecule has 0 radical (unpaired) electrons. The second-order valence-corrected chi connectivity index (χ2v) is 5.17. The first-order valence-corrected chi connectivity index (χ1v) is 6.53. The van der Waals surface area contributed by atoms with Crippen molar-refractivity contribution in [3.8, 4) is 0 Å². The molecule has 0 aromatic carbocycles. The molecule has 2 amide bonds. The van der Waals surface area contributed by atoms with E-state index in [1.54, 1.807) is 17.5 Å². The van der Waals surface area contributed by atoms with Crippen molar-refractivity contribution in [3.05, 3.63) is 22.4 Å². The molecular formula is C11H15N3O3S. The summed E-state index contributed by atoms with van der Waals surface area (Å²) in [7, 11) is 0. The summed E-state index contributed by atoms with van der Waals surface area (Å²) in [5.74, 6) is -0.287. The summed E-state index contributed by atoms with van der Waals surface area (Å²) in [6.45, 7) is 1.85. The molecule has 0 aliphatic carbocycles. The van der Waals surface area contributed by atoms with Gasteiger partial charge in [-0.25, -0.2) is 0 Å². The minimum absolute atomic E-state index is 0.160. The van der Waals surface area contributed by atoms with Gasteiger partial charge in [-0.05, 0) is 11.4 Å². The van der Waals surface area contributed by atoms with Crippen molar-refractivity contribution in [2.75, 3.05) is 26.2 Å². The Morgan fingerprint density at radius 2 is 2.22 bits per heavy atom. The lowest BCUT2D eigenvalue weighted by Gasteiger charge is -2.37. The van der Waals surface area contributed by atoms with Gasteiger partial charge in [0.05, 0.1) is 11.4 Å². The van der Waals surface area contributed by atoms with Crippen LogP contribution in [0.3, 0.4) is 0 Å². The Morgan fingerprint density at radius 1 is 1.44 bits per heavy atom. The Hall–Kier alpha value is -1.44. The van der Waals surface area contributed by atoms with Gasteiger partial charge >= 0.3 is 0 Å². The van der Waals surface area contributed by atoms with Crippen LogP contribution in [-0.4, -0.2) is 48.1 Å². The second-order valence-electron chi connectivity index (χ2n) is 4.22. The van der Waals surface area contributed by atoms with Gasteiger partial charge in [0.2, 0.25) is 0 Å². The van der Waals surface area contributed by atoms with E-state index in [2.05, 4.69) is 10.9 Å². The van der Waals surface area contributed by atoms with E-state index >= 15 is 0 Å². The molecule has 7 heteroatoms. The number of nitrogens with zero attached hydrogens (tertiary/aromatic N) is 1. The van der Waals surface area contributed by atoms with E-state index in [0.717, 1.165) is 13.1 Å². The quantitative estimate of drug-likeness (QED) is 0.640. The Bertz CT molecular complexity index is 415. The molecule has 1 aromatic rings. The van der Waals surface area contributed by atoms with Crippen molar-refractivity contribution in [3.63, 3.8) is 0 Å². The van der Waals surface area contributed by atoms with Crippen molar-refractivity contribution in [1.29, 1.82) is 0 Å². The van der Waals surface area contributed by atoms with Crippen molar-refractivity contribution in [2.45, 2.75) is 0 Å². The highest BCUT2D eigenvalue weighted by atomic mass is 32.1. The van der Waals surface area contributed by atoms with E-state index in [0.29, 0.717) is 4.88 Å². The Kier molecular flexibility index (Phi) is 4.29. The molecule has 6 nitrogen and oxygen atoms in total. The summed E-state index contributed by atoms with van der Waals surface area (Å²) in [6, 6.07) is 3.46. The lowest BCUT2D eigenvalue weighted by molar-refractivity contribution is -0.124. The summed E-state index contributed by atoms with van der Waals surface area (Å²) < 4.78 is 0. The molecule has 0 spiro atoms. The molecule has 0 unspecified atom stereocenters. The summed E-state index contributed by atoms with van der Waals surface area (Å²) in [5, 5.41) is 10.6. The molecule has 0 bridgehead atoms. The van der Waals surface area contributed by atoms with E-state index < -0.39 is 0 Å². The van der Waals surface area contributed by atoms with Gasteiger partial charge in [-0.3, -0.25) is 25.3 Å². The van der Waals surface area contributed by atoms with Crippen LogP contribution in [-0.2, 0) is 4.79 Å². The molecule has 2 heterocycles. The first kappa shape index (κ1) is 13.0. The Labute approximate surface area is 109 Å². The van der Waals surface area contributed by atoms with Gasteiger partial charge in [0.15, 0.2) is 0 Å². The fourth-order valence-electron chi connectivity index (χ4n) is 1.76. The maximum absolute atomic E-state index is 11.5. The summed E-state index contributed by atoms with van der Waals surface area (Å²) in [6.07, 6.45) is 0. The molecule has 1 aliphatic heterocycles. The average molecular weight is 269 g/mol. The Balaban J connectivity index is 1.65. The molecule has 0 saturated carbocycles. The second kappa shape index (κ2) is 5.94. The highest BCUT2D eigenvalue weighted by Gasteiger charge is 2.27. The summed E-state index contributed by atoms with van der Waals surface area (Å²) >= 11 is 1.31. The zero-order chi connectivity index (χ0) is 13.0. The molecule has 1 saturated heterocycles. The van der Waals surface area contributed by atoms with Crippen molar-refractivity contribution in [2.24, 2.45) is 5.92 Å². The maximum atomic E-state index is 11.5. The monoisotopic (exact) mass is 269 g/mol. The molecule has 98 valence electrons. The average Bonchev–Trinajstić information content (AvgIpc) is 2.83. The number of hydrogen-bond acceptors (Lipinski definition) is 5. The van der Waals surface area contributed by atoms with E-state index in [9.17, 15) is 9.59 Å². The van der Waals surface area contributed by atoms with Gasteiger partial charge < -0.3 is 5.11 Å². The van der Waals surface area contributed by atoms with Gasteiger partial charge in [0, 0.05) is 25.6 Å². The van der Waals surface area contributed by atoms with Crippen LogP contribution in [0.2, 0.25) is 0 Å². The van der Waals surface area contributed by atoms with Gasteiger partial charge in [0.1, 0.15) is 0 Å². The number of amides is 2. The minimum Gasteiger partial charge on any atom is -0.396 e. The lowest BCUT2D eigenvalue weighted by atomic mass is 10.0. The number of likely N-dealkylation sites (tertiary alicyclic amines) is 1. The van der Waals surface area contributed by atoms with Gasteiger partial charge in [-0.2, -0.15) is 0 Å². The zero-order valence-corrected chi connectivity index (χ0v) is 10.6. The standard InChI is InChI=1S/C11H15N3O3S/c15-7-8-4-14(5-8)6-10(16)12-13-11(17)9-2-1-3-18-9/h1-3,8,15H,4-7H2,(H,12,16)(H,13,17). The third-order valence-corrected chi connectivity index (χ3v) is 3.59. The number of hydrazine groups is 1. The zero-order valence-electron chi connectivity index (χ0n) is 9.76. The largest absolute Gasteiger partial charge is 0.396 e.